The van der Waals surface area contributed by atoms with E-state index in [9.17, 15) is 4.79 Å². The number of hydrogen-bond donors (Lipinski definition) is 0. The van der Waals surface area contributed by atoms with E-state index in [1.807, 2.05) is 85.8 Å². The molecule has 0 saturated carbocycles. The number of nitrogens with zero attached hydrogens (tertiary/aromatic N) is 2. The van der Waals surface area contributed by atoms with Gasteiger partial charge in [0, 0.05) is 5.56 Å². The lowest BCUT2D eigenvalue weighted by molar-refractivity contribution is -0.113. The Hall–Kier alpha value is -3.86. The summed E-state index contributed by atoms with van der Waals surface area (Å²) in [5, 5.41) is 0. The fraction of sp³-hybridized carbons (Fsp3) is 0.120. The second kappa shape index (κ2) is 8.66. The Morgan fingerprint density at radius 3 is 2.33 bits per heavy atom. The highest BCUT2D eigenvalue weighted by atomic mass is 16.5. The molecule has 0 aromatic heterocycles. The molecule has 0 unspecified atom stereocenters. The fourth-order valence-corrected chi connectivity index (χ4v) is 3.30. The van der Waals surface area contributed by atoms with Crippen LogP contribution in [-0.2, 0) is 4.79 Å². The van der Waals surface area contributed by atoms with Gasteiger partial charge in [0.25, 0.3) is 5.91 Å². The molecule has 150 valence electrons. The predicted molar refractivity (Wildman–Crippen MR) is 119 cm³/mol. The van der Waals surface area contributed by atoms with Crippen molar-refractivity contribution in [2.45, 2.75) is 6.92 Å². The summed E-state index contributed by atoms with van der Waals surface area (Å²) in [6.07, 6.45) is 1.79. The Bertz CT molecular complexity index is 1100. The van der Waals surface area contributed by atoms with Crippen LogP contribution in [0.5, 0.6) is 11.5 Å². The van der Waals surface area contributed by atoms with Crippen molar-refractivity contribution in [3.05, 3.63) is 95.7 Å². The van der Waals surface area contributed by atoms with Crippen molar-refractivity contribution in [1.29, 1.82) is 0 Å². The van der Waals surface area contributed by atoms with Gasteiger partial charge in [-0.3, -0.25) is 9.69 Å². The minimum atomic E-state index is -0.197. The first-order valence-electron chi connectivity index (χ1n) is 9.77. The summed E-state index contributed by atoms with van der Waals surface area (Å²) in [4.78, 5) is 19.8. The normalized spacial score (nSPS) is 14.7. The van der Waals surface area contributed by atoms with E-state index < -0.39 is 0 Å². The number of benzene rings is 3. The molecule has 1 heterocycles. The van der Waals surface area contributed by atoms with E-state index in [2.05, 4.69) is 0 Å². The average Bonchev–Trinajstić information content (AvgIpc) is 3.11. The van der Waals surface area contributed by atoms with Gasteiger partial charge in [0.05, 0.1) is 19.4 Å². The molecule has 0 fully saturated rings. The minimum Gasteiger partial charge on any atom is -0.497 e. The topological polar surface area (TPSA) is 51.1 Å². The smallest absolute Gasteiger partial charge is 0.282 e. The average molecular weight is 398 g/mol. The Morgan fingerprint density at radius 2 is 1.63 bits per heavy atom. The van der Waals surface area contributed by atoms with Crippen LogP contribution in [0.1, 0.15) is 18.1 Å². The third-order valence-corrected chi connectivity index (χ3v) is 4.72. The van der Waals surface area contributed by atoms with Crippen molar-refractivity contribution in [2.24, 2.45) is 4.99 Å². The third-order valence-electron chi connectivity index (χ3n) is 4.72. The minimum absolute atomic E-state index is 0.197. The lowest BCUT2D eigenvalue weighted by Gasteiger charge is -2.21. The molecule has 30 heavy (non-hydrogen) atoms. The molecular weight excluding hydrogens is 376 g/mol. The summed E-state index contributed by atoms with van der Waals surface area (Å²) >= 11 is 0. The van der Waals surface area contributed by atoms with Crippen LogP contribution < -0.4 is 14.4 Å². The molecule has 5 heteroatoms. The Balaban J connectivity index is 1.80. The highest BCUT2D eigenvalue weighted by Gasteiger charge is 2.34. The maximum atomic E-state index is 13.4. The number of para-hydroxylation sites is 2. The van der Waals surface area contributed by atoms with Crippen molar-refractivity contribution in [1.82, 2.24) is 0 Å². The quantitative estimate of drug-likeness (QED) is 0.553. The number of ether oxygens (including phenoxy) is 2. The number of anilines is 1. The van der Waals surface area contributed by atoms with Gasteiger partial charge in [-0.2, -0.15) is 0 Å². The number of aliphatic imine (C=N–C) groups is 1. The zero-order chi connectivity index (χ0) is 20.9. The van der Waals surface area contributed by atoms with Gasteiger partial charge in [0.1, 0.15) is 23.0 Å². The fourth-order valence-electron chi connectivity index (χ4n) is 3.30. The third kappa shape index (κ3) is 3.82. The first kappa shape index (κ1) is 19.5. The van der Waals surface area contributed by atoms with Crippen LogP contribution in [0.3, 0.4) is 0 Å². The SMILES string of the molecule is CCOc1ccccc1N1C(=O)C(=Cc2ccc(OC)cc2)N=C1c1ccccc1. The maximum absolute atomic E-state index is 13.4. The van der Waals surface area contributed by atoms with Crippen LogP contribution in [0, 0.1) is 0 Å². The van der Waals surface area contributed by atoms with E-state index in [1.54, 1.807) is 18.1 Å². The Morgan fingerprint density at radius 1 is 0.933 bits per heavy atom. The molecular formula is C25H22N2O3. The van der Waals surface area contributed by atoms with Gasteiger partial charge in [-0.15, -0.1) is 0 Å². The standard InChI is InChI=1S/C25H22N2O3/c1-3-30-23-12-8-7-11-22(23)27-24(19-9-5-4-6-10-19)26-21(25(27)28)17-18-13-15-20(29-2)16-14-18/h4-17H,3H2,1-2H3. The summed E-state index contributed by atoms with van der Waals surface area (Å²) in [6.45, 7) is 2.43. The molecule has 1 aliphatic rings. The van der Waals surface area contributed by atoms with E-state index >= 15 is 0 Å². The van der Waals surface area contributed by atoms with Gasteiger partial charge in [0.15, 0.2) is 0 Å². The number of rotatable bonds is 6. The molecule has 0 bridgehead atoms. The van der Waals surface area contributed by atoms with Crippen molar-refractivity contribution in [3.63, 3.8) is 0 Å². The molecule has 3 aromatic rings. The van der Waals surface area contributed by atoms with Crippen LogP contribution in [0.2, 0.25) is 0 Å². The lowest BCUT2D eigenvalue weighted by atomic mass is 10.1. The molecule has 1 aliphatic heterocycles. The first-order chi connectivity index (χ1) is 14.7. The van der Waals surface area contributed by atoms with Crippen LogP contribution in [0.15, 0.2) is 89.6 Å². The van der Waals surface area contributed by atoms with Crippen molar-refractivity contribution < 1.29 is 14.3 Å². The lowest BCUT2D eigenvalue weighted by Crippen LogP contribution is -2.33. The summed E-state index contributed by atoms with van der Waals surface area (Å²) in [5.41, 5.74) is 2.76. The molecule has 0 N–H and O–H groups in total. The van der Waals surface area contributed by atoms with Gasteiger partial charge < -0.3 is 9.47 Å². The van der Waals surface area contributed by atoms with E-state index in [0.29, 0.717) is 29.6 Å². The zero-order valence-electron chi connectivity index (χ0n) is 16.9. The predicted octanol–water partition coefficient (Wildman–Crippen LogP) is 4.93. The Kier molecular flexibility index (Phi) is 5.61. The molecule has 5 nitrogen and oxygen atoms in total. The van der Waals surface area contributed by atoms with Gasteiger partial charge in [-0.1, -0.05) is 54.6 Å². The van der Waals surface area contributed by atoms with E-state index in [1.165, 1.54) is 0 Å². The van der Waals surface area contributed by atoms with Crippen molar-refractivity contribution in [2.75, 3.05) is 18.6 Å². The summed E-state index contributed by atoms with van der Waals surface area (Å²) in [7, 11) is 1.62. The monoisotopic (exact) mass is 398 g/mol. The maximum Gasteiger partial charge on any atom is 0.282 e. The second-order valence-corrected chi connectivity index (χ2v) is 6.65. The molecule has 1 amide bonds. The van der Waals surface area contributed by atoms with Crippen molar-refractivity contribution >= 4 is 23.5 Å². The highest BCUT2D eigenvalue weighted by Crippen LogP contribution is 2.34. The number of hydrogen-bond acceptors (Lipinski definition) is 4. The molecule has 0 aliphatic carbocycles. The summed E-state index contributed by atoms with van der Waals surface area (Å²) < 4.78 is 11.0. The number of carbonyl (C=O) groups is 1. The van der Waals surface area contributed by atoms with Gasteiger partial charge in [-0.05, 0) is 42.8 Å². The van der Waals surface area contributed by atoms with Crippen LogP contribution in [-0.4, -0.2) is 25.5 Å². The highest BCUT2D eigenvalue weighted by molar-refractivity contribution is 6.33. The molecule has 4 rings (SSSR count). The molecule has 0 spiro atoms. The largest absolute Gasteiger partial charge is 0.497 e. The number of amides is 1. The van der Waals surface area contributed by atoms with E-state index in [0.717, 1.165) is 16.9 Å². The Labute approximate surface area is 175 Å². The zero-order valence-corrected chi connectivity index (χ0v) is 16.9. The number of methoxy groups -OCH3 is 1. The second-order valence-electron chi connectivity index (χ2n) is 6.65. The molecule has 0 atom stereocenters. The van der Waals surface area contributed by atoms with Gasteiger partial charge in [0.2, 0.25) is 0 Å². The summed E-state index contributed by atoms with van der Waals surface area (Å²) in [5.74, 6) is 1.78. The van der Waals surface area contributed by atoms with Gasteiger partial charge >= 0.3 is 0 Å². The molecule has 0 radical (unpaired) electrons. The van der Waals surface area contributed by atoms with Crippen LogP contribution in [0.25, 0.3) is 6.08 Å². The van der Waals surface area contributed by atoms with Gasteiger partial charge in [-0.25, -0.2) is 4.99 Å². The van der Waals surface area contributed by atoms with Crippen LogP contribution in [0.4, 0.5) is 5.69 Å². The first-order valence-corrected chi connectivity index (χ1v) is 9.77. The molecule has 0 saturated heterocycles. The number of amidine groups is 1. The van der Waals surface area contributed by atoms with E-state index in [4.69, 9.17) is 14.5 Å². The molecule has 3 aromatic carbocycles. The van der Waals surface area contributed by atoms with Crippen LogP contribution >= 0.6 is 0 Å². The summed E-state index contributed by atoms with van der Waals surface area (Å²) in [6, 6.07) is 24.7. The van der Waals surface area contributed by atoms with Crippen molar-refractivity contribution in [3.8, 4) is 11.5 Å². The van der Waals surface area contributed by atoms with E-state index in [-0.39, 0.29) is 5.91 Å². The number of carbonyl (C=O) groups excluding carboxylic acids is 1.